The molecule has 1 aromatic rings. The molecule has 0 aromatic heterocycles. The Morgan fingerprint density at radius 2 is 1.75 bits per heavy atom. The van der Waals surface area contributed by atoms with Crippen LogP contribution in [0.1, 0.15) is 36.8 Å². The third kappa shape index (κ3) is 3.06. The molecule has 24 heavy (non-hydrogen) atoms. The highest BCUT2D eigenvalue weighted by atomic mass is 16.2. The zero-order chi connectivity index (χ0) is 17.3. The van der Waals surface area contributed by atoms with Crippen LogP contribution in [0.15, 0.2) is 24.3 Å². The first-order valence-electron chi connectivity index (χ1n) is 8.41. The Kier molecular flexibility index (Phi) is 4.66. The van der Waals surface area contributed by atoms with Gasteiger partial charge in [-0.25, -0.2) is 9.69 Å². The molecule has 0 radical (unpaired) electrons. The number of urea groups is 1. The number of carbonyl (C=O) groups is 3. The third-order valence-corrected chi connectivity index (χ3v) is 4.86. The van der Waals surface area contributed by atoms with Crippen LogP contribution in [0.4, 0.5) is 4.79 Å². The Bertz CT molecular complexity index is 667. The Labute approximate surface area is 142 Å². The van der Waals surface area contributed by atoms with Crippen molar-refractivity contribution in [3.8, 4) is 0 Å². The van der Waals surface area contributed by atoms with Crippen LogP contribution in [-0.2, 0) is 16.1 Å². The van der Waals surface area contributed by atoms with Crippen LogP contribution in [-0.4, -0.2) is 52.3 Å². The summed E-state index contributed by atoms with van der Waals surface area (Å²) in [6.07, 6.45) is 3.61. The van der Waals surface area contributed by atoms with Crippen molar-refractivity contribution in [2.45, 2.75) is 45.2 Å². The molecule has 1 aliphatic carbocycles. The maximum Gasteiger partial charge on any atom is 0.335 e. The second-order valence-electron chi connectivity index (χ2n) is 6.71. The van der Waals surface area contributed by atoms with E-state index in [-0.39, 0.29) is 12.7 Å². The van der Waals surface area contributed by atoms with Gasteiger partial charge in [0.2, 0.25) is 0 Å². The average Bonchev–Trinajstić information content (AvgIpc) is 3.14. The van der Waals surface area contributed by atoms with Crippen molar-refractivity contribution in [1.82, 2.24) is 14.7 Å². The van der Waals surface area contributed by atoms with Gasteiger partial charge in [-0.3, -0.25) is 19.4 Å². The van der Waals surface area contributed by atoms with Gasteiger partial charge in [-0.2, -0.15) is 0 Å². The molecule has 2 fully saturated rings. The van der Waals surface area contributed by atoms with E-state index in [9.17, 15) is 14.4 Å². The van der Waals surface area contributed by atoms with Crippen LogP contribution in [0, 0.1) is 6.92 Å². The minimum atomic E-state index is -0.705. The average molecular weight is 329 g/mol. The van der Waals surface area contributed by atoms with Gasteiger partial charge in [0.15, 0.2) is 0 Å². The van der Waals surface area contributed by atoms with Crippen molar-refractivity contribution in [2.24, 2.45) is 0 Å². The number of carbonyl (C=O) groups excluding carboxylic acids is 3. The van der Waals surface area contributed by atoms with Gasteiger partial charge in [0.05, 0.1) is 6.67 Å². The van der Waals surface area contributed by atoms with Crippen LogP contribution in [0.3, 0.4) is 0 Å². The van der Waals surface area contributed by atoms with E-state index < -0.39 is 17.8 Å². The van der Waals surface area contributed by atoms with E-state index in [4.69, 9.17) is 0 Å². The zero-order valence-electron chi connectivity index (χ0n) is 14.2. The molecular weight excluding hydrogens is 306 g/mol. The second-order valence-corrected chi connectivity index (χ2v) is 6.71. The highest BCUT2D eigenvalue weighted by molar-refractivity contribution is 6.44. The molecule has 1 saturated carbocycles. The van der Waals surface area contributed by atoms with Crippen molar-refractivity contribution in [3.05, 3.63) is 35.4 Å². The van der Waals surface area contributed by atoms with Crippen molar-refractivity contribution in [1.29, 1.82) is 0 Å². The van der Waals surface area contributed by atoms with E-state index in [1.807, 2.05) is 43.1 Å². The lowest BCUT2D eigenvalue weighted by Gasteiger charge is -2.24. The predicted molar refractivity (Wildman–Crippen MR) is 88.9 cm³/mol. The standard InChI is InChI=1S/C18H23N3O3/c1-13-7-3-4-8-14(13)11-19(2)12-20-16(22)17(23)21(18(20)24)15-9-5-6-10-15/h3-4,7-8,15H,5-6,9-12H2,1-2H3. The molecule has 0 unspecified atom stereocenters. The van der Waals surface area contributed by atoms with Gasteiger partial charge in [-0.1, -0.05) is 37.1 Å². The smallest absolute Gasteiger partial charge is 0.284 e. The van der Waals surface area contributed by atoms with Gasteiger partial charge < -0.3 is 0 Å². The van der Waals surface area contributed by atoms with Gasteiger partial charge in [-0.05, 0) is 37.9 Å². The summed E-state index contributed by atoms with van der Waals surface area (Å²) in [5, 5.41) is 0. The summed E-state index contributed by atoms with van der Waals surface area (Å²) < 4.78 is 0. The van der Waals surface area contributed by atoms with Crippen molar-refractivity contribution in [3.63, 3.8) is 0 Å². The first-order chi connectivity index (χ1) is 11.5. The van der Waals surface area contributed by atoms with E-state index in [2.05, 4.69) is 0 Å². The Hall–Kier alpha value is -2.21. The van der Waals surface area contributed by atoms with Gasteiger partial charge in [0, 0.05) is 12.6 Å². The van der Waals surface area contributed by atoms with Gasteiger partial charge >= 0.3 is 17.8 Å². The molecule has 128 valence electrons. The number of rotatable bonds is 5. The largest absolute Gasteiger partial charge is 0.335 e. The summed E-state index contributed by atoms with van der Waals surface area (Å²) in [7, 11) is 1.84. The van der Waals surface area contributed by atoms with E-state index in [1.165, 1.54) is 4.90 Å². The molecule has 1 aliphatic heterocycles. The van der Waals surface area contributed by atoms with Gasteiger partial charge in [-0.15, -0.1) is 0 Å². The molecule has 1 aromatic carbocycles. The summed E-state index contributed by atoms with van der Waals surface area (Å²) in [6, 6.07) is 7.42. The zero-order valence-corrected chi connectivity index (χ0v) is 14.2. The maximum absolute atomic E-state index is 12.6. The lowest BCUT2D eigenvalue weighted by atomic mass is 10.1. The Morgan fingerprint density at radius 1 is 1.08 bits per heavy atom. The molecule has 0 spiro atoms. The predicted octanol–water partition coefficient (Wildman–Crippen LogP) is 2.12. The molecule has 3 rings (SSSR count). The molecule has 0 N–H and O–H groups in total. The fourth-order valence-electron chi connectivity index (χ4n) is 3.50. The van der Waals surface area contributed by atoms with Gasteiger partial charge in [0.25, 0.3) is 0 Å². The van der Waals surface area contributed by atoms with Gasteiger partial charge in [0.1, 0.15) is 0 Å². The number of aryl methyl sites for hydroxylation is 1. The van der Waals surface area contributed by atoms with E-state index in [0.717, 1.165) is 41.7 Å². The van der Waals surface area contributed by atoms with Crippen LogP contribution in [0.5, 0.6) is 0 Å². The molecule has 1 saturated heterocycles. The van der Waals surface area contributed by atoms with Crippen LogP contribution < -0.4 is 0 Å². The van der Waals surface area contributed by atoms with Crippen LogP contribution >= 0.6 is 0 Å². The third-order valence-electron chi connectivity index (χ3n) is 4.86. The number of hydrogen-bond acceptors (Lipinski definition) is 4. The first-order valence-corrected chi connectivity index (χ1v) is 8.41. The molecule has 2 aliphatic rings. The minimum Gasteiger partial charge on any atom is -0.284 e. The molecule has 0 bridgehead atoms. The monoisotopic (exact) mass is 329 g/mol. The van der Waals surface area contributed by atoms with Crippen LogP contribution in [0.2, 0.25) is 0 Å². The maximum atomic E-state index is 12.6. The Morgan fingerprint density at radius 3 is 2.42 bits per heavy atom. The van der Waals surface area contributed by atoms with E-state index in [1.54, 1.807) is 0 Å². The van der Waals surface area contributed by atoms with Crippen molar-refractivity contribution >= 4 is 17.8 Å². The summed E-state index contributed by atoms with van der Waals surface area (Å²) in [5.41, 5.74) is 2.30. The van der Waals surface area contributed by atoms with E-state index in [0.29, 0.717) is 6.54 Å². The quantitative estimate of drug-likeness (QED) is 0.613. The van der Waals surface area contributed by atoms with E-state index >= 15 is 0 Å². The molecule has 1 heterocycles. The number of nitrogens with zero attached hydrogens (tertiary/aromatic N) is 3. The van der Waals surface area contributed by atoms with Crippen LogP contribution in [0.25, 0.3) is 0 Å². The second kappa shape index (κ2) is 6.73. The number of hydrogen-bond donors (Lipinski definition) is 0. The summed E-state index contributed by atoms with van der Waals surface area (Å²) in [4.78, 5) is 41.1. The molecule has 6 heteroatoms. The molecule has 6 nitrogen and oxygen atoms in total. The summed E-state index contributed by atoms with van der Waals surface area (Å²) >= 11 is 0. The Balaban J connectivity index is 1.68. The normalized spacial score (nSPS) is 19.2. The highest BCUT2D eigenvalue weighted by Crippen LogP contribution is 2.27. The number of benzene rings is 1. The minimum absolute atomic E-state index is 0.111. The summed E-state index contributed by atoms with van der Waals surface area (Å²) in [6.45, 7) is 2.77. The molecular formula is C18H23N3O3. The SMILES string of the molecule is Cc1ccccc1CN(C)CN1C(=O)C(=O)N(C2CCCC2)C1=O. The summed E-state index contributed by atoms with van der Waals surface area (Å²) in [5.74, 6) is -1.38. The fourth-order valence-corrected chi connectivity index (χ4v) is 3.50. The molecule has 4 amide bonds. The number of amides is 4. The topological polar surface area (TPSA) is 60.9 Å². The first kappa shape index (κ1) is 16.6. The lowest BCUT2D eigenvalue weighted by Crippen LogP contribution is -2.42. The molecule has 0 atom stereocenters. The van der Waals surface area contributed by atoms with Crippen molar-refractivity contribution < 1.29 is 14.4 Å². The fraction of sp³-hybridized carbons (Fsp3) is 0.500. The lowest BCUT2D eigenvalue weighted by molar-refractivity contribution is -0.144. The van der Waals surface area contributed by atoms with Crippen molar-refractivity contribution in [2.75, 3.05) is 13.7 Å². The highest BCUT2D eigenvalue weighted by Gasteiger charge is 2.48. The number of imide groups is 2.